The van der Waals surface area contributed by atoms with Crippen molar-refractivity contribution in [2.45, 2.75) is 18.9 Å². The van der Waals surface area contributed by atoms with Crippen LogP contribution in [0.25, 0.3) is 10.2 Å². The van der Waals surface area contributed by atoms with Gasteiger partial charge >= 0.3 is 0 Å². The van der Waals surface area contributed by atoms with Crippen molar-refractivity contribution < 1.29 is 4.79 Å². The Kier molecular flexibility index (Phi) is 3.80. The number of fused-ring (bicyclic) bond motifs is 1. The van der Waals surface area contributed by atoms with Gasteiger partial charge in [-0.15, -0.1) is 11.3 Å². The van der Waals surface area contributed by atoms with Crippen LogP contribution < -0.4 is 10.6 Å². The molecule has 23 heavy (non-hydrogen) atoms. The maximum atomic E-state index is 12.4. The SMILES string of the molecule is O=C(Nc1ccc2scnc2c1)c1ccn(C2CCCNC2)n1. The molecule has 6 nitrogen and oxygen atoms in total. The molecule has 0 saturated carbocycles. The average molecular weight is 327 g/mol. The molecule has 1 saturated heterocycles. The summed E-state index contributed by atoms with van der Waals surface area (Å²) in [6, 6.07) is 7.84. The van der Waals surface area contributed by atoms with Gasteiger partial charge < -0.3 is 10.6 Å². The van der Waals surface area contributed by atoms with E-state index in [-0.39, 0.29) is 5.91 Å². The number of piperidine rings is 1. The summed E-state index contributed by atoms with van der Waals surface area (Å²) in [7, 11) is 0. The quantitative estimate of drug-likeness (QED) is 0.776. The topological polar surface area (TPSA) is 71.8 Å². The predicted octanol–water partition coefficient (Wildman–Crippen LogP) is 2.67. The lowest BCUT2D eigenvalue weighted by molar-refractivity contribution is 0.102. The molecule has 1 unspecified atom stereocenters. The first-order valence-corrected chi connectivity index (χ1v) is 8.58. The molecule has 4 rings (SSSR count). The van der Waals surface area contributed by atoms with Crippen molar-refractivity contribution in [3.05, 3.63) is 41.7 Å². The molecule has 0 spiro atoms. The van der Waals surface area contributed by atoms with E-state index in [4.69, 9.17) is 0 Å². The number of anilines is 1. The molecule has 2 N–H and O–H groups in total. The van der Waals surface area contributed by atoms with Gasteiger partial charge in [-0.2, -0.15) is 5.10 Å². The number of amides is 1. The zero-order valence-corrected chi connectivity index (χ0v) is 13.3. The highest BCUT2D eigenvalue weighted by atomic mass is 32.1. The number of hydrogen-bond donors (Lipinski definition) is 2. The number of aromatic nitrogens is 3. The van der Waals surface area contributed by atoms with E-state index in [0.717, 1.165) is 41.8 Å². The van der Waals surface area contributed by atoms with Gasteiger partial charge in [0.25, 0.3) is 5.91 Å². The summed E-state index contributed by atoms with van der Waals surface area (Å²) < 4.78 is 3.00. The van der Waals surface area contributed by atoms with Crippen LogP contribution in [-0.2, 0) is 0 Å². The molecule has 1 aromatic carbocycles. The number of benzene rings is 1. The van der Waals surface area contributed by atoms with Crippen molar-refractivity contribution in [3.63, 3.8) is 0 Å². The highest BCUT2D eigenvalue weighted by molar-refractivity contribution is 7.16. The second kappa shape index (κ2) is 6.10. The minimum absolute atomic E-state index is 0.193. The molecular weight excluding hydrogens is 310 g/mol. The number of carbonyl (C=O) groups is 1. The Bertz CT molecular complexity index is 834. The Labute approximate surface area is 137 Å². The van der Waals surface area contributed by atoms with Gasteiger partial charge in [0.15, 0.2) is 5.69 Å². The molecule has 0 radical (unpaired) electrons. The van der Waals surface area contributed by atoms with E-state index in [1.165, 1.54) is 0 Å². The fourth-order valence-electron chi connectivity index (χ4n) is 2.85. The number of thiazole rings is 1. The van der Waals surface area contributed by atoms with Gasteiger partial charge in [-0.3, -0.25) is 9.48 Å². The third-order valence-corrected chi connectivity index (χ3v) is 4.88. The van der Waals surface area contributed by atoms with Crippen LogP contribution in [0, 0.1) is 0 Å². The smallest absolute Gasteiger partial charge is 0.276 e. The van der Waals surface area contributed by atoms with E-state index in [1.54, 1.807) is 22.9 Å². The minimum Gasteiger partial charge on any atom is -0.321 e. The van der Waals surface area contributed by atoms with E-state index in [1.807, 2.05) is 29.1 Å². The summed E-state index contributed by atoms with van der Waals surface area (Å²) in [6.07, 6.45) is 4.12. The van der Waals surface area contributed by atoms with Gasteiger partial charge in [0.1, 0.15) is 0 Å². The van der Waals surface area contributed by atoms with E-state index in [9.17, 15) is 4.79 Å². The minimum atomic E-state index is -0.193. The number of carbonyl (C=O) groups excluding carboxylic acids is 1. The molecule has 3 heterocycles. The van der Waals surface area contributed by atoms with E-state index < -0.39 is 0 Å². The number of nitrogens with zero attached hydrogens (tertiary/aromatic N) is 3. The van der Waals surface area contributed by atoms with E-state index >= 15 is 0 Å². The molecule has 1 fully saturated rings. The summed E-state index contributed by atoms with van der Waals surface area (Å²) in [4.78, 5) is 16.6. The monoisotopic (exact) mass is 327 g/mol. The highest BCUT2D eigenvalue weighted by Crippen LogP contribution is 2.22. The van der Waals surface area contributed by atoms with Gasteiger partial charge in [0.05, 0.1) is 21.8 Å². The van der Waals surface area contributed by atoms with Crippen LogP contribution in [0.3, 0.4) is 0 Å². The molecule has 118 valence electrons. The summed E-state index contributed by atoms with van der Waals surface area (Å²) in [5, 5.41) is 10.7. The third kappa shape index (κ3) is 2.97. The summed E-state index contributed by atoms with van der Waals surface area (Å²) >= 11 is 1.58. The van der Waals surface area contributed by atoms with Gasteiger partial charge in [-0.05, 0) is 43.7 Å². The lowest BCUT2D eigenvalue weighted by Gasteiger charge is -2.22. The molecule has 7 heteroatoms. The van der Waals surface area contributed by atoms with Crippen LogP contribution in [0.15, 0.2) is 36.0 Å². The van der Waals surface area contributed by atoms with Crippen molar-refractivity contribution in [2.75, 3.05) is 18.4 Å². The molecule has 1 atom stereocenters. The third-order valence-electron chi connectivity index (χ3n) is 4.07. The second-order valence-electron chi connectivity index (χ2n) is 5.67. The van der Waals surface area contributed by atoms with E-state index in [0.29, 0.717) is 11.7 Å². The maximum absolute atomic E-state index is 12.4. The molecule has 1 amide bonds. The van der Waals surface area contributed by atoms with Crippen molar-refractivity contribution in [3.8, 4) is 0 Å². The Morgan fingerprint density at radius 3 is 3.22 bits per heavy atom. The lowest BCUT2D eigenvalue weighted by atomic mass is 10.1. The van der Waals surface area contributed by atoms with Crippen LogP contribution in [0.4, 0.5) is 5.69 Å². The maximum Gasteiger partial charge on any atom is 0.276 e. The van der Waals surface area contributed by atoms with Gasteiger partial charge in [-0.25, -0.2) is 4.98 Å². The first kappa shape index (κ1) is 14.3. The van der Waals surface area contributed by atoms with E-state index in [2.05, 4.69) is 20.7 Å². The van der Waals surface area contributed by atoms with Crippen molar-refractivity contribution in [1.82, 2.24) is 20.1 Å². The van der Waals surface area contributed by atoms with Crippen LogP contribution in [0.1, 0.15) is 29.4 Å². The van der Waals surface area contributed by atoms with Gasteiger partial charge in [-0.1, -0.05) is 0 Å². The Morgan fingerprint density at radius 1 is 1.39 bits per heavy atom. The molecule has 2 aromatic heterocycles. The first-order valence-electron chi connectivity index (χ1n) is 7.70. The Hall–Kier alpha value is -2.25. The Balaban J connectivity index is 1.49. The largest absolute Gasteiger partial charge is 0.321 e. The fourth-order valence-corrected chi connectivity index (χ4v) is 3.51. The number of rotatable bonds is 3. The van der Waals surface area contributed by atoms with Crippen LogP contribution in [-0.4, -0.2) is 33.8 Å². The highest BCUT2D eigenvalue weighted by Gasteiger charge is 2.17. The standard InChI is InChI=1S/C16H17N5OS/c22-16(19-11-3-4-15-14(8-11)18-10-23-15)13-5-7-21(20-13)12-2-1-6-17-9-12/h3-5,7-8,10,12,17H,1-2,6,9H2,(H,19,22). The molecule has 1 aliphatic heterocycles. The molecule has 0 bridgehead atoms. The number of hydrogen-bond acceptors (Lipinski definition) is 5. The van der Waals surface area contributed by atoms with Crippen molar-refractivity contribution >= 4 is 33.1 Å². The molecule has 3 aromatic rings. The van der Waals surface area contributed by atoms with Crippen LogP contribution in [0.5, 0.6) is 0 Å². The zero-order chi connectivity index (χ0) is 15.6. The Morgan fingerprint density at radius 2 is 2.35 bits per heavy atom. The first-order chi connectivity index (χ1) is 11.3. The second-order valence-corrected chi connectivity index (χ2v) is 6.56. The average Bonchev–Trinajstić information content (AvgIpc) is 3.24. The van der Waals surface area contributed by atoms with Crippen molar-refractivity contribution in [2.24, 2.45) is 0 Å². The lowest BCUT2D eigenvalue weighted by Crippen LogP contribution is -2.32. The number of nitrogens with one attached hydrogen (secondary N) is 2. The summed E-state index contributed by atoms with van der Waals surface area (Å²) in [5.41, 5.74) is 3.87. The summed E-state index contributed by atoms with van der Waals surface area (Å²) in [5.74, 6) is -0.193. The van der Waals surface area contributed by atoms with Crippen LogP contribution in [0.2, 0.25) is 0 Å². The molecule has 1 aliphatic rings. The zero-order valence-electron chi connectivity index (χ0n) is 12.5. The molecule has 0 aliphatic carbocycles. The fraction of sp³-hybridized carbons (Fsp3) is 0.312. The predicted molar refractivity (Wildman–Crippen MR) is 90.9 cm³/mol. The molecular formula is C16H17N5OS. The normalized spacial score (nSPS) is 18.2. The van der Waals surface area contributed by atoms with Gasteiger partial charge in [0, 0.05) is 18.4 Å². The van der Waals surface area contributed by atoms with Crippen LogP contribution >= 0.6 is 11.3 Å². The summed E-state index contributed by atoms with van der Waals surface area (Å²) in [6.45, 7) is 1.97. The van der Waals surface area contributed by atoms with Crippen molar-refractivity contribution in [1.29, 1.82) is 0 Å². The van der Waals surface area contributed by atoms with Gasteiger partial charge in [0.2, 0.25) is 0 Å².